The number of hydrogen-bond acceptors (Lipinski definition) is 4. The van der Waals surface area contributed by atoms with Crippen LogP contribution in [-0.4, -0.2) is 35.2 Å². The highest BCUT2D eigenvalue weighted by molar-refractivity contribution is 5.94. The van der Waals surface area contributed by atoms with Crippen molar-refractivity contribution in [2.45, 2.75) is 39.2 Å². The van der Waals surface area contributed by atoms with Crippen LogP contribution in [0.25, 0.3) is 11.1 Å². The number of aliphatic carboxylic acids is 1. The molecule has 3 N–H and O–H groups in total. The van der Waals surface area contributed by atoms with E-state index >= 15 is 0 Å². The van der Waals surface area contributed by atoms with Crippen LogP contribution in [0.1, 0.15) is 47.7 Å². The molecule has 6 nitrogen and oxygen atoms in total. The van der Waals surface area contributed by atoms with Crippen LogP contribution in [0.15, 0.2) is 72.8 Å². The molecule has 6 heteroatoms. The van der Waals surface area contributed by atoms with Gasteiger partial charge in [0, 0.05) is 5.56 Å². The molecule has 0 heterocycles. The van der Waals surface area contributed by atoms with Crippen molar-refractivity contribution in [2.75, 3.05) is 13.2 Å². The molecule has 3 aromatic carbocycles. The van der Waals surface area contributed by atoms with E-state index in [1.165, 1.54) is 0 Å². The van der Waals surface area contributed by atoms with Crippen LogP contribution in [0.4, 0.5) is 0 Å². The van der Waals surface area contributed by atoms with Gasteiger partial charge in [0.1, 0.15) is 12.4 Å². The maximum atomic E-state index is 12.4. The van der Waals surface area contributed by atoms with E-state index in [0.29, 0.717) is 37.3 Å². The van der Waals surface area contributed by atoms with E-state index in [0.717, 1.165) is 35.1 Å². The number of aliphatic hydroxyl groups excluding tert-OH is 1. The lowest BCUT2D eigenvalue weighted by Crippen LogP contribution is -2.28. The first-order chi connectivity index (χ1) is 17.0. The van der Waals surface area contributed by atoms with Crippen LogP contribution in [-0.2, 0) is 17.8 Å². The molecule has 0 radical (unpaired) electrons. The van der Waals surface area contributed by atoms with Gasteiger partial charge in [-0.15, -0.1) is 0 Å². The van der Waals surface area contributed by atoms with E-state index in [-0.39, 0.29) is 18.4 Å². The second kappa shape index (κ2) is 13.3. The average molecular weight is 476 g/mol. The summed E-state index contributed by atoms with van der Waals surface area (Å²) in [6.45, 7) is 2.77. The molecule has 0 bridgehead atoms. The molecular weight excluding hydrogens is 442 g/mol. The Hall–Kier alpha value is -3.64. The molecule has 0 saturated carbocycles. The predicted molar refractivity (Wildman–Crippen MR) is 136 cm³/mol. The Morgan fingerprint density at radius 2 is 1.49 bits per heavy atom. The SMILES string of the molecule is CCCCC(Cc1ccc(OCCNC(=O)c2ccc(-c3ccc(CO)cc3)cc2)cc1)C(=O)O. The minimum Gasteiger partial charge on any atom is -0.492 e. The Kier molecular flexibility index (Phi) is 9.87. The summed E-state index contributed by atoms with van der Waals surface area (Å²) in [5.41, 5.74) is 4.42. The zero-order valence-electron chi connectivity index (χ0n) is 20.1. The van der Waals surface area contributed by atoms with Gasteiger partial charge >= 0.3 is 5.97 Å². The molecule has 3 rings (SSSR count). The Morgan fingerprint density at radius 3 is 2.06 bits per heavy atom. The van der Waals surface area contributed by atoms with E-state index in [9.17, 15) is 14.7 Å². The molecule has 3 aromatic rings. The lowest BCUT2D eigenvalue weighted by molar-refractivity contribution is -0.142. The molecule has 0 spiro atoms. The van der Waals surface area contributed by atoms with Crippen LogP contribution < -0.4 is 10.1 Å². The Balaban J connectivity index is 1.43. The van der Waals surface area contributed by atoms with Gasteiger partial charge in [0.2, 0.25) is 0 Å². The molecule has 35 heavy (non-hydrogen) atoms. The fourth-order valence-electron chi connectivity index (χ4n) is 3.82. The summed E-state index contributed by atoms with van der Waals surface area (Å²) < 4.78 is 5.71. The van der Waals surface area contributed by atoms with Gasteiger partial charge in [-0.3, -0.25) is 9.59 Å². The van der Waals surface area contributed by atoms with Crippen LogP contribution in [0, 0.1) is 5.92 Å². The number of carboxylic acid groups (broad SMARTS) is 1. The average Bonchev–Trinajstić information content (AvgIpc) is 2.89. The summed E-state index contributed by atoms with van der Waals surface area (Å²) >= 11 is 0. The van der Waals surface area contributed by atoms with Gasteiger partial charge in [0.15, 0.2) is 0 Å². The van der Waals surface area contributed by atoms with Gasteiger partial charge in [-0.05, 0) is 59.4 Å². The number of rotatable bonds is 13. The van der Waals surface area contributed by atoms with Crippen molar-refractivity contribution >= 4 is 11.9 Å². The van der Waals surface area contributed by atoms with Crippen LogP contribution in [0.3, 0.4) is 0 Å². The molecule has 1 unspecified atom stereocenters. The lowest BCUT2D eigenvalue weighted by Gasteiger charge is -2.13. The van der Waals surface area contributed by atoms with Gasteiger partial charge in [-0.1, -0.05) is 68.3 Å². The number of aliphatic hydroxyl groups is 1. The highest BCUT2D eigenvalue weighted by Crippen LogP contribution is 2.21. The number of carbonyl (C=O) groups is 2. The van der Waals surface area contributed by atoms with Gasteiger partial charge in [0.25, 0.3) is 5.91 Å². The van der Waals surface area contributed by atoms with Crippen molar-refractivity contribution in [3.63, 3.8) is 0 Å². The molecule has 0 aliphatic heterocycles. The third kappa shape index (κ3) is 7.97. The normalized spacial score (nSPS) is 11.6. The topological polar surface area (TPSA) is 95.9 Å². The monoisotopic (exact) mass is 475 g/mol. The molecule has 0 fully saturated rings. The maximum Gasteiger partial charge on any atom is 0.306 e. The second-order valence-electron chi connectivity index (χ2n) is 8.56. The van der Waals surface area contributed by atoms with E-state index in [2.05, 4.69) is 12.2 Å². The zero-order chi connectivity index (χ0) is 25.0. The van der Waals surface area contributed by atoms with Crippen molar-refractivity contribution in [2.24, 2.45) is 5.92 Å². The van der Waals surface area contributed by atoms with E-state index in [4.69, 9.17) is 9.84 Å². The smallest absolute Gasteiger partial charge is 0.306 e. The van der Waals surface area contributed by atoms with E-state index in [1.807, 2.05) is 60.7 Å². The van der Waals surface area contributed by atoms with Gasteiger partial charge < -0.3 is 20.3 Å². The number of unbranched alkanes of at least 4 members (excludes halogenated alkanes) is 1. The molecule has 1 atom stereocenters. The lowest BCUT2D eigenvalue weighted by atomic mass is 9.94. The number of ether oxygens (including phenoxy) is 1. The molecule has 0 aromatic heterocycles. The molecule has 184 valence electrons. The van der Waals surface area contributed by atoms with E-state index < -0.39 is 5.97 Å². The molecule has 0 aliphatic rings. The Labute approximate surface area is 206 Å². The summed E-state index contributed by atoms with van der Waals surface area (Å²) in [6.07, 6.45) is 3.09. The fourth-order valence-corrected chi connectivity index (χ4v) is 3.82. The summed E-state index contributed by atoms with van der Waals surface area (Å²) in [6, 6.07) is 22.5. The zero-order valence-corrected chi connectivity index (χ0v) is 20.1. The minimum atomic E-state index is -0.749. The quantitative estimate of drug-likeness (QED) is 0.299. The third-order valence-electron chi connectivity index (χ3n) is 5.93. The van der Waals surface area contributed by atoms with Crippen molar-refractivity contribution in [3.8, 4) is 16.9 Å². The maximum absolute atomic E-state index is 12.4. The first kappa shape index (κ1) is 26.0. The molecular formula is C29H33NO5. The van der Waals surface area contributed by atoms with Crippen molar-refractivity contribution < 1.29 is 24.5 Å². The summed E-state index contributed by atoms with van der Waals surface area (Å²) in [5.74, 6) is -0.600. The summed E-state index contributed by atoms with van der Waals surface area (Å²) in [7, 11) is 0. The van der Waals surface area contributed by atoms with Crippen molar-refractivity contribution in [1.82, 2.24) is 5.32 Å². The second-order valence-corrected chi connectivity index (χ2v) is 8.56. The minimum absolute atomic E-state index is 0.0146. The van der Waals surface area contributed by atoms with Crippen molar-refractivity contribution in [3.05, 3.63) is 89.5 Å². The highest BCUT2D eigenvalue weighted by atomic mass is 16.5. The highest BCUT2D eigenvalue weighted by Gasteiger charge is 2.17. The summed E-state index contributed by atoms with van der Waals surface area (Å²) in [4.78, 5) is 23.9. The van der Waals surface area contributed by atoms with Crippen LogP contribution >= 0.6 is 0 Å². The van der Waals surface area contributed by atoms with Crippen LogP contribution in [0.5, 0.6) is 5.75 Å². The first-order valence-corrected chi connectivity index (χ1v) is 12.0. The largest absolute Gasteiger partial charge is 0.492 e. The number of hydrogen-bond donors (Lipinski definition) is 3. The molecule has 0 saturated heterocycles. The number of carbonyl (C=O) groups excluding carboxylic acids is 1. The Morgan fingerprint density at radius 1 is 0.886 bits per heavy atom. The first-order valence-electron chi connectivity index (χ1n) is 12.0. The molecule has 1 amide bonds. The molecule has 0 aliphatic carbocycles. The standard InChI is InChI=1S/C29H33NO5/c1-2-3-4-26(29(33)34)19-21-7-15-27(16-8-21)35-18-17-30-28(32)25-13-11-24(12-14-25)23-9-5-22(20-31)6-10-23/h5-16,26,31H,2-4,17-20H2,1H3,(H,30,32)(H,33,34). The Bertz CT molecular complexity index is 1080. The number of nitrogens with one attached hydrogen (secondary N) is 1. The number of carboxylic acids is 1. The van der Waals surface area contributed by atoms with Gasteiger partial charge in [-0.2, -0.15) is 0 Å². The fraction of sp³-hybridized carbons (Fsp3) is 0.310. The number of amides is 1. The third-order valence-corrected chi connectivity index (χ3v) is 5.93. The van der Waals surface area contributed by atoms with E-state index in [1.54, 1.807) is 12.1 Å². The number of benzene rings is 3. The van der Waals surface area contributed by atoms with Crippen molar-refractivity contribution in [1.29, 1.82) is 0 Å². The van der Waals surface area contributed by atoms with Gasteiger partial charge in [-0.25, -0.2) is 0 Å². The van der Waals surface area contributed by atoms with Crippen LogP contribution in [0.2, 0.25) is 0 Å². The van der Waals surface area contributed by atoms with Gasteiger partial charge in [0.05, 0.1) is 19.1 Å². The summed E-state index contributed by atoms with van der Waals surface area (Å²) in [5, 5.41) is 21.4. The predicted octanol–water partition coefficient (Wildman–Crippen LogP) is 5.09.